The van der Waals surface area contributed by atoms with Crippen molar-refractivity contribution in [2.45, 2.75) is 174 Å². The molecule has 0 aliphatic carbocycles. The number of ether oxygens (including phenoxy) is 2. The van der Waals surface area contributed by atoms with Crippen molar-refractivity contribution in [3.63, 3.8) is 0 Å². The topological polar surface area (TPSA) is 228 Å². The van der Waals surface area contributed by atoms with Gasteiger partial charge in [0, 0.05) is 57.5 Å². The third-order valence-electron chi connectivity index (χ3n) is 9.91. The second kappa shape index (κ2) is 36.1. The molecular formula is C42H75N3O11. The first-order valence-electron chi connectivity index (χ1n) is 21.3. The minimum Gasteiger partial charge on any atom is -0.481 e. The number of nitrogens with one attached hydrogen (secondary N) is 2. The smallest absolute Gasteiger partial charge is 0.306 e. The molecule has 3 atom stereocenters. The predicted octanol–water partition coefficient (Wildman–Crippen LogP) is 6.09. The Bertz CT molecular complexity index is 1120. The van der Waals surface area contributed by atoms with Gasteiger partial charge in [-0.2, -0.15) is 0 Å². The van der Waals surface area contributed by atoms with Gasteiger partial charge in [-0.05, 0) is 44.9 Å². The SMILES string of the molecule is CCC(=O)[C@@H](C)CCCCNC(=O)[C@@H](N)CCCCCC(=O)COCCOCCNC(=O)CC[C@H](CC(=O)CCCCCCCCCCCCC(=O)O)C(=O)O. The van der Waals surface area contributed by atoms with Gasteiger partial charge < -0.3 is 36.1 Å². The minimum atomic E-state index is -1.08. The third kappa shape index (κ3) is 33.0. The lowest BCUT2D eigenvalue weighted by molar-refractivity contribution is -0.144. The normalized spacial score (nSPS) is 12.8. The van der Waals surface area contributed by atoms with Gasteiger partial charge in [-0.3, -0.25) is 33.6 Å². The van der Waals surface area contributed by atoms with Crippen LogP contribution in [-0.2, 0) is 43.0 Å². The second-order valence-corrected chi connectivity index (χ2v) is 15.0. The van der Waals surface area contributed by atoms with E-state index in [1.807, 2.05) is 13.8 Å². The maximum absolute atomic E-state index is 12.4. The maximum atomic E-state index is 12.4. The van der Waals surface area contributed by atoms with Crippen molar-refractivity contribution in [2.24, 2.45) is 17.6 Å². The van der Waals surface area contributed by atoms with Crippen LogP contribution < -0.4 is 16.4 Å². The summed E-state index contributed by atoms with van der Waals surface area (Å²) in [6, 6.07) is -0.580. The van der Waals surface area contributed by atoms with E-state index in [0.29, 0.717) is 38.6 Å². The number of hydrogen-bond donors (Lipinski definition) is 5. The van der Waals surface area contributed by atoms with E-state index in [0.717, 1.165) is 96.3 Å². The van der Waals surface area contributed by atoms with E-state index >= 15 is 0 Å². The number of unbranched alkanes of at least 4 members (excludes halogenated alkanes) is 12. The van der Waals surface area contributed by atoms with E-state index in [2.05, 4.69) is 10.6 Å². The van der Waals surface area contributed by atoms with E-state index in [-0.39, 0.29) is 93.7 Å². The molecule has 0 aliphatic rings. The first-order chi connectivity index (χ1) is 26.9. The molecule has 0 aliphatic heterocycles. The van der Waals surface area contributed by atoms with Crippen LogP contribution in [0.4, 0.5) is 0 Å². The minimum absolute atomic E-state index is 0.00148. The van der Waals surface area contributed by atoms with Crippen molar-refractivity contribution < 1.29 is 53.2 Å². The van der Waals surface area contributed by atoms with Crippen molar-refractivity contribution in [2.75, 3.05) is 39.5 Å². The molecule has 0 aromatic heterocycles. The Hall–Kier alpha value is -3.23. The number of Topliss-reactive ketones (excluding diaryl/α,β-unsaturated/α-hetero) is 3. The largest absolute Gasteiger partial charge is 0.481 e. The van der Waals surface area contributed by atoms with Gasteiger partial charge in [0.2, 0.25) is 11.8 Å². The summed E-state index contributed by atoms with van der Waals surface area (Å²) in [4.78, 5) is 82.7. The first kappa shape index (κ1) is 52.8. The predicted molar refractivity (Wildman–Crippen MR) is 215 cm³/mol. The molecule has 56 heavy (non-hydrogen) atoms. The Balaban J connectivity index is 3.76. The summed E-state index contributed by atoms with van der Waals surface area (Å²) in [6.45, 7) is 5.31. The molecule has 0 aromatic rings. The zero-order chi connectivity index (χ0) is 41.8. The van der Waals surface area contributed by atoms with E-state index in [4.69, 9.17) is 20.3 Å². The van der Waals surface area contributed by atoms with Crippen molar-refractivity contribution >= 4 is 41.1 Å². The average molecular weight is 798 g/mol. The molecule has 0 aromatic carbocycles. The molecule has 2 amide bonds. The highest BCUT2D eigenvalue weighted by Gasteiger charge is 2.22. The van der Waals surface area contributed by atoms with Crippen LogP contribution in [0.25, 0.3) is 0 Å². The Labute approximate surface area is 335 Å². The zero-order valence-electron chi connectivity index (χ0n) is 34.6. The third-order valence-corrected chi connectivity index (χ3v) is 9.91. The van der Waals surface area contributed by atoms with E-state index in [1.54, 1.807) is 0 Å². The van der Waals surface area contributed by atoms with Crippen molar-refractivity contribution in [3.8, 4) is 0 Å². The van der Waals surface area contributed by atoms with Crippen molar-refractivity contribution in [3.05, 3.63) is 0 Å². The molecule has 0 bridgehead atoms. The molecule has 0 unspecified atom stereocenters. The summed E-state index contributed by atoms with van der Waals surface area (Å²) >= 11 is 0. The Morgan fingerprint density at radius 1 is 0.589 bits per heavy atom. The number of rotatable bonds is 41. The highest BCUT2D eigenvalue weighted by Crippen LogP contribution is 2.17. The van der Waals surface area contributed by atoms with Crippen LogP contribution in [0.5, 0.6) is 0 Å². The molecule has 14 heteroatoms. The number of aliphatic carboxylic acids is 2. The fraction of sp³-hybridized carbons (Fsp3) is 0.833. The highest BCUT2D eigenvalue weighted by molar-refractivity contribution is 5.84. The molecule has 14 nitrogen and oxygen atoms in total. The summed E-state index contributed by atoms with van der Waals surface area (Å²) in [5.41, 5.74) is 5.99. The van der Waals surface area contributed by atoms with E-state index < -0.39 is 23.9 Å². The van der Waals surface area contributed by atoms with Crippen LogP contribution in [-0.4, -0.2) is 96.9 Å². The Morgan fingerprint density at radius 2 is 1.14 bits per heavy atom. The van der Waals surface area contributed by atoms with Crippen LogP contribution >= 0.6 is 0 Å². The molecule has 0 saturated heterocycles. The molecule has 0 spiro atoms. The lowest BCUT2D eigenvalue weighted by Gasteiger charge is -2.13. The van der Waals surface area contributed by atoms with Crippen LogP contribution in [0.1, 0.15) is 168 Å². The average Bonchev–Trinajstić information content (AvgIpc) is 3.16. The van der Waals surface area contributed by atoms with Crippen LogP contribution in [0.3, 0.4) is 0 Å². The van der Waals surface area contributed by atoms with Crippen LogP contribution in [0, 0.1) is 11.8 Å². The number of carboxylic acids is 2. The van der Waals surface area contributed by atoms with Gasteiger partial charge in [0.15, 0.2) is 5.78 Å². The number of amides is 2. The molecule has 324 valence electrons. The van der Waals surface area contributed by atoms with E-state index in [9.17, 15) is 38.7 Å². The fourth-order valence-electron chi connectivity index (χ4n) is 6.26. The fourth-order valence-corrected chi connectivity index (χ4v) is 6.26. The number of carbonyl (C=O) groups excluding carboxylic acids is 5. The molecule has 0 rings (SSSR count). The number of ketones is 3. The van der Waals surface area contributed by atoms with Gasteiger partial charge in [-0.25, -0.2) is 0 Å². The number of nitrogens with two attached hydrogens (primary N) is 1. The number of hydrogen-bond acceptors (Lipinski definition) is 10. The number of carbonyl (C=O) groups is 7. The van der Waals surface area contributed by atoms with Gasteiger partial charge in [-0.1, -0.05) is 84.5 Å². The Morgan fingerprint density at radius 3 is 1.75 bits per heavy atom. The van der Waals surface area contributed by atoms with E-state index in [1.165, 1.54) is 0 Å². The summed E-state index contributed by atoms with van der Waals surface area (Å²) in [6.07, 6.45) is 16.7. The van der Waals surface area contributed by atoms with Gasteiger partial charge >= 0.3 is 11.9 Å². The molecule has 0 saturated carbocycles. The van der Waals surface area contributed by atoms with Gasteiger partial charge in [0.1, 0.15) is 18.2 Å². The summed E-state index contributed by atoms with van der Waals surface area (Å²) in [7, 11) is 0. The zero-order valence-corrected chi connectivity index (χ0v) is 34.6. The maximum Gasteiger partial charge on any atom is 0.306 e. The van der Waals surface area contributed by atoms with Crippen LogP contribution in [0.2, 0.25) is 0 Å². The lowest BCUT2D eigenvalue weighted by atomic mass is 9.94. The molecule has 6 N–H and O–H groups in total. The second-order valence-electron chi connectivity index (χ2n) is 15.0. The molecule has 0 fully saturated rings. The summed E-state index contributed by atoms with van der Waals surface area (Å²) in [5, 5.41) is 23.7. The number of carboxylic acid groups (broad SMARTS) is 2. The van der Waals surface area contributed by atoms with Crippen LogP contribution in [0.15, 0.2) is 0 Å². The molecule has 0 radical (unpaired) electrons. The van der Waals surface area contributed by atoms with Gasteiger partial charge in [0.25, 0.3) is 0 Å². The summed E-state index contributed by atoms with van der Waals surface area (Å²) < 4.78 is 10.8. The molecule has 0 heterocycles. The quantitative estimate of drug-likeness (QED) is 0.0443. The molecular weight excluding hydrogens is 722 g/mol. The van der Waals surface area contributed by atoms with Gasteiger partial charge in [-0.15, -0.1) is 0 Å². The Kier molecular flexibility index (Phi) is 34.0. The first-order valence-corrected chi connectivity index (χ1v) is 21.3. The monoisotopic (exact) mass is 798 g/mol. The highest BCUT2D eigenvalue weighted by atomic mass is 16.5. The lowest BCUT2D eigenvalue weighted by Crippen LogP contribution is -2.40. The standard InChI is InChI=1S/C42H75N3O11/c1-3-38(48)33(2)19-17-18-26-45-41(52)37(43)22-15-12-14-21-36(47)32-56-30-29-55-28-27-44-39(49)25-24-34(42(53)54)31-35(46)20-13-10-8-6-4-5-7-9-11-16-23-40(50)51/h33-34,37H,3-32,43H2,1-2H3,(H,44,49)(H,45,52)(H,50,51)(H,53,54)/t33-,34+,37-/m0/s1. The van der Waals surface area contributed by atoms with Crippen molar-refractivity contribution in [1.82, 2.24) is 10.6 Å². The van der Waals surface area contributed by atoms with Crippen molar-refractivity contribution in [1.29, 1.82) is 0 Å². The summed E-state index contributed by atoms with van der Waals surface area (Å²) in [5.74, 6) is -2.96. The van der Waals surface area contributed by atoms with Gasteiger partial charge in [0.05, 0.1) is 31.8 Å².